The third kappa shape index (κ3) is 8.38. The summed E-state index contributed by atoms with van der Waals surface area (Å²) >= 11 is 1.65. The van der Waals surface area contributed by atoms with E-state index >= 15 is 0 Å². The van der Waals surface area contributed by atoms with Crippen LogP contribution in [0, 0.1) is 0 Å². The molecule has 0 aromatic carbocycles. The monoisotopic (exact) mass is 218 g/mol. The smallest absolute Gasteiger partial charge is 0.230 e. The number of thioether (sulfide) groups is 1. The third-order valence-electron chi connectivity index (χ3n) is 1.97. The maximum absolute atomic E-state index is 11.3. The molecule has 0 heterocycles. The van der Waals surface area contributed by atoms with Crippen molar-refractivity contribution in [3.8, 4) is 0 Å². The Morgan fingerprint density at radius 2 is 2.14 bits per heavy atom. The van der Waals surface area contributed by atoms with Gasteiger partial charge in [0.15, 0.2) is 0 Å². The summed E-state index contributed by atoms with van der Waals surface area (Å²) in [7, 11) is 0. The number of carbonyl (C=O) groups is 1. The fraction of sp³-hybridized carbons (Fsp3) is 0.900. The summed E-state index contributed by atoms with van der Waals surface area (Å²) in [5.41, 5.74) is 5.60. The second-order valence-corrected chi connectivity index (χ2v) is 4.80. The van der Waals surface area contributed by atoms with Crippen LogP contribution in [0.4, 0.5) is 0 Å². The molecule has 0 fully saturated rings. The van der Waals surface area contributed by atoms with Crippen LogP contribution < -0.4 is 11.1 Å². The Kier molecular flexibility index (Phi) is 7.99. The minimum Gasteiger partial charge on any atom is -0.353 e. The fourth-order valence-electron chi connectivity index (χ4n) is 0.853. The normalized spacial score (nSPS) is 14.9. The summed E-state index contributed by atoms with van der Waals surface area (Å²) in [5.74, 6) is 1.65. The molecule has 3 N–H and O–H groups in total. The summed E-state index contributed by atoms with van der Waals surface area (Å²) in [6.45, 7) is 6.07. The molecule has 0 saturated heterocycles. The molecule has 0 radical (unpaired) electrons. The molecule has 0 spiro atoms. The van der Waals surface area contributed by atoms with Crippen molar-refractivity contribution in [2.24, 2.45) is 5.73 Å². The molecule has 14 heavy (non-hydrogen) atoms. The van der Waals surface area contributed by atoms with Gasteiger partial charge in [-0.1, -0.05) is 6.92 Å². The minimum absolute atomic E-state index is 0.133. The average molecular weight is 218 g/mol. The Bertz CT molecular complexity index is 162. The van der Waals surface area contributed by atoms with Crippen molar-refractivity contribution < 1.29 is 4.79 Å². The van der Waals surface area contributed by atoms with Crippen LogP contribution >= 0.6 is 11.8 Å². The molecule has 0 rings (SSSR count). The highest BCUT2D eigenvalue weighted by molar-refractivity contribution is 7.99. The average Bonchev–Trinajstić information content (AvgIpc) is 2.12. The Morgan fingerprint density at radius 1 is 1.50 bits per heavy atom. The molecule has 4 heteroatoms. The summed E-state index contributed by atoms with van der Waals surface area (Å²) in [5, 5.41) is 2.93. The zero-order chi connectivity index (χ0) is 11.0. The first-order chi connectivity index (χ1) is 6.56. The van der Waals surface area contributed by atoms with Crippen molar-refractivity contribution in [1.82, 2.24) is 5.32 Å². The Hall–Kier alpha value is -0.220. The van der Waals surface area contributed by atoms with Gasteiger partial charge in [0, 0.05) is 12.1 Å². The third-order valence-corrected chi connectivity index (χ3v) is 2.96. The molecular formula is C10H22N2OS. The van der Waals surface area contributed by atoms with Crippen LogP contribution in [0.5, 0.6) is 0 Å². The quantitative estimate of drug-likeness (QED) is 0.635. The van der Waals surface area contributed by atoms with Crippen LogP contribution in [0.1, 0.15) is 33.6 Å². The molecule has 2 atom stereocenters. The van der Waals surface area contributed by atoms with Gasteiger partial charge in [0.2, 0.25) is 5.91 Å². The molecule has 0 saturated carbocycles. The van der Waals surface area contributed by atoms with E-state index in [1.165, 1.54) is 0 Å². The largest absolute Gasteiger partial charge is 0.353 e. The lowest BCUT2D eigenvalue weighted by Crippen LogP contribution is -2.33. The number of nitrogens with two attached hydrogens (primary N) is 1. The molecule has 0 aliphatic rings. The van der Waals surface area contributed by atoms with Crippen molar-refractivity contribution in [3.05, 3.63) is 0 Å². The van der Waals surface area contributed by atoms with Crippen LogP contribution in [0.3, 0.4) is 0 Å². The fourth-order valence-corrected chi connectivity index (χ4v) is 1.80. The zero-order valence-electron chi connectivity index (χ0n) is 9.38. The van der Waals surface area contributed by atoms with E-state index in [1.807, 2.05) is 13.8 Å². The van der Waals surface area contributed by atoms with Gasteiger partial charge in [-0.25, -0.2) is 0 Å². The Morgan fingerprint density at radius 3 is 2.64 bits per heavy atom. The first-order valence-electron chi connectivity index (χ1n) is 5.19. The highest BCUT2D eigenvalue weighted by Crippen LogP contribution is 2.03. The van der Waals surface area contributed by atoms with Gasteiger partial charge in [-0.15, -0.1) is 0 Å². The van der Waals surface area contributed by atoms with Crippen LogP contribution in [-0.2, 0) is 4.79 Å². The molecule has 0 aromatic rings. The van der Waals surface area contributed by atoms with Gasteiger partial charge >= 0.3 is 0 Å². The number of nitrogens with one attached hydrogen (secondary N) is 1. The maximum atomic E-state index is 11.3. The second-order valence-electron chi connectivity index (χ2n) is 3.70. The van der Waals surface area contributed by atoms with E-state index < -0.39 is 0 Å². The van der Waals surface area contributed by atoms with Crippen molar-refractivity contribution in [2.45, 2.75) is 45.7 Å². The van der Waals surface area contributed by atoms with Crippen molar-refractivity contribution in [3.63, 3.8) is 0 Å². The van der Waals surface area contributed by atoms with Gasteiger partial charge in [0.1, 0.15) is 0 Å². The highest BCUT2D eigenvalue weighted by atomic mass is 32.2. The van der Waals surface area contributed by atoms with Gasteiger partial charge in [-0.3, -0.25) is 4.79 Å². The van der Waals surface area contributed by atoms with E-state index in [-0.39, 0.29) is 18.0 Å². The molecule has 0 aromatic heterocycles. The minimum atomic E-state index is 0.133. The lowest BCUT2D eigenvalue weighted by molar-refractivity contribution is -0.119. The molecule has 2 unspecified atom stereocenters. The number of hydrogen-bond acceptors (Lipinski definition) is 3. The van der Waals surface area contributed by atoms with E-state index in [9.17, 15) is 4.79 Å². The molecule has 0 bridgehead atoms. The van der Waals surface area contributed by atoms with Crippen molar-refractivity contribution >= 4 is 17.7 Å². The SMILES string of the molecule is CCC(C)NC(=O)CSCCC(C)N. The van der Waals surface area contributed by atoms with E-state index in [4.69, 9.17) is 5.73 Å². The molecule has 0 aliphatic heterocycles. The summed E-state index contributed by atoms with van der Waals surface area (Å²) in [6, 6.07) is 0.525. The summed E-state index contributed by atoms with van der Waals surface area (Å²) in [6.07, 6.45) is 1.96. The van der Waals surface area contributed by atoms with Crippen molar-refractivity contribution in [2.75, 3.05) is 11.5 Å². The van der Waals surface area contributed by atoms with Crippen molar-refractivity contribution in [1.29, 1.82) is 0 Å². The predicted octanol–water partition coefficient (Wildman–Crippen LogP) is 1.37. The molecule has 1 amide bonds. The highest BCUT2D eigenvalue weighted by Gasteiger charge is 2.05. The zero-order valence-corrected chi connectivity index (χ0v) is 10.2. The molecular weight excluding hydrogens is 196 g/mol. The van der Waals surface area contributed by atoms with E-state index in [0.29, 0.717) is 5.75 Å². The first kappa shape index (κ1) is 13.8. The number of rotatable bonds is 7. The van der Waals surface area contributed by atoms with Gasteiger partial charge in [0.05, 0.1) is 5.75 Å². The predicted molar refractivity (Wildman–Crippen MR) is 63.5 cm³/mol. The van der Waals surface area contributed by atoms with Crippen LogP contribution in [0.15, 0.2) is 0 Å². The number of hydrogen-bond donors (Lipinski definition) is 2. The van der Waals surface area contributed by atoms with Gasteiger partial charge in [-0.2, -0.15) is 11.8 Å². The van der Waals surface area contributed by atoms with Crippen LogP contribution in [0.25, 0.3) is 0 Å². The second kappa shape index (κ2) is 8.12. The maximum Gasteiger partial charge on any atom is 0.230 e. The Labute approximate surface area is 91.2 Å². The topological polar surface area (TPSA) is 55.1 Å². The van der Waals surface area contributed by atoms with Gasteiger partial charge < -0.3 is 11.1 Å². The molecule has 0 aliphatic carbocycles. The van der Waals surface area contributed by atoms with E-state index in [0.717, 1.165) is 18.6 Å². The van der Waals surface area contributed by atoms with Crippen LogP contribution in [-0.4, -0.2) is 29.5 Å². The Balaban J connectivity index is 3.36. The van der Waals surface area contributed by atoms with Gasteiger partial charge in [-0.05, 0) is 32.4 Å². The summed E-state index contributed by atoms with van der Waals surface area (Å²) < 4.78 is 0. The summed E-state index contributed by atoms with van der Waals surface area (Å²) in [4.78, 5) is 11.3. The lowest BCUT2D eigenvalue weighted by atomic mass is 10.3. The number of carbonyl (C=O) groups excluding carboxylic acids is 1. The first-order valence-corrected chi connectivity index (χ1v) is 6.34. The lowest BCUT2D eigenvalue weighted by Gasteiger charge is -2.11. The number of amides is 1. The van der Waals surface area contributed by atoms with E-state index in [2.05, 4.69) is 12.2 Å². The standard InChI is InChI=1S/C10H22N2OS/c1-4-9(3)12-10(13)7-14-6-5-8(2)11/h8-9H,4-7,11H2,1-3H3,(H,12,13). The molecule has 3 nitrogen and oxygen atoms in total. The van der Waals surface area contributed by atoms with Gasteiger partial charge in [0.25, 0.3) is 0 Å². The van der Waals surface area contributed by atoms with E-state index in [1.54, 1.807) is 11.8 Å². The van der Waals surface area contributed by atoms with Crippen LogP contribution in [0.2, 0.25) is 0 Å². The molecule has 84 valence electrons.